The SMILES string of the molecule is O=C(O)C1C[C@H]2CC[C@@H](C1)C2(F)F. The third-order valence-corrected chi connectivity index (χ3v) is 3.44. The predicted octanol–water partition coefficient (Wildman–Crippen LogP) is 2.14. The molecule has 2 nitrogen and oxygen atoms in total. The van der Waals surface area contributed by atoms with E-state index in [4.69, 9.17) is 5.11 Å². The predicted molar refractivity (Wildman–Crippen MR) is 41.5 cm³/mol. The molecule has 0 aromatic rings. The van der Waals surface area contributed by atoms with Crippen molar-refractivity contribution in [3.05, 3.63) is 0 Å². The van der Waals surface area contributed by atoms with E-state index in [1.54, 1.807) is 0 Å². The number of alkyl halides is 2. The molecule has 2 bridgehead atoms. The van der Waals surface area contributed by atoms with E-state index in [-0.39, 0.29) is 12.8 Å². The van der Waals surface area contributed by atoms with Crippen LogP contribution < -0.4 is 0 Å². The summed E-state index contributed by atoms with van der Waals surface area (Å²) in [6.07, 6.45) is 1.33. The van der Waals surface area contributed by atoms with Gasteiger partial charge in [0.15, 0.2) is 0 Å². The van der Waals surface area contributed by atoms with Crippen molar-refractivity contribution >= 4 is 5.97 Å². The summed E-state index contributed by atoms with van der Waals surface area (Å²) in [5.41, 5.74) is 0. The number of carboxylic acid groups (broad SMARTS) is 1. The lowest BCUT2D eigenvalue weighted by Gasteiger charge is -2.33. The van der Waals surface area contributed by atoms with Crippen LogP contribution in [0.3, 0.4) is 0 Å². The first-order valence-electron chi connectivity index (χ1n) is 4.62. The molecule has 2 fully saturated rings. The third kappa shape index (κ3) is 1.23. The summed E-state index contributed by atoms with van der Waals surface area (Å²) in [7, 11) is 0. The van der Waals surface area contributed by atoms with Crippen LogP contribution in [0, 0.1) is 17.8 Å². The Hall–Kier alpha value is -0.670. The van der Waals surface area contributed by atoms with Crippen LogP contribution in [0.2, 0.25) is 0 Å². The molecule has 0 saturated heterocycles. The maximum atomic E-state index is 13.3. The normalized spacial score (nSPS) is 41.8. The molecular weight excluding hydrogens is 178 g/mol. The molecular formula is C9H12F2O2. The van der Waals surface area contributed by atoms with Crippen molar-refractivity contribution < 1.29 is 18.7 Å². The van der Waals surface area contributed by atoms with Crippen molar-refractivity contribution in [3.8, 4) is 0 Å². The van der Waals surface area contributed by atoms with Gasteiger partial charge in [-0.05, 0) is 25.7 Å². The van der Waals surface area contributed by atoms with Crippen LogP contribution in [-0.4, -0.2) is 17.0 Å². The molecule has 74 valence electrons. The van der Waals surface area contributed by atoms with Gasteiger partial charge in [-0.15, -0.1) is 0 Å². The lowest BCUT2D eigenvalue weighted by Crippen LogP contribution is -2.39. The number of halogens is 2. The Morgan fingerprint density at radius 3 is 2.08 bits per heavy atom. The van der Waals surface area contributed by atoms with Crippen molar-refractivity contribution in [1.82, 2.24) is 0 Å². The van der Waals surface area contributed by atoms with E-state index in [2.05, 4.69) is 0 Å². The van der Waals surface area contributed by atoms with Gasteiger partial charge >= 0.3 is 5.97 Å². The Morgan fingerprint density at radius 2 is 1.69 bits per heavy atom. The number of carboxylic acids is 1. The molecule has 2 rings (SSSR count). The number of aliphatic carboxylic acids is 1. The smallest absolute Gasteiger partial charge is 0.306 e. The van der Waals surface area contributed by atoms with E-state index in [9.17, 15) is 13.6 Å². The first-order chi connectivity index (χ1) is 6.01. The number of carbonyl (C=O) groups is 1. The van der Waals surface area contributed by atoms with Crippen molar-refractivity contribution in [2.45, 2.75) is 31.6 Å². The molecule has 13 heavy (non-hydrogen) atoms. The number of hydrogen-bond donors (Lipinski definition) is 1. The topological polar surface area (TPSA) is 37.3 Å². The fraction of sp³-hybridized carbons (Fsp3) is 0.889. The Morgan fingerprint density at radius 1 is 1.23 bits per heavy atom. The second-order valence-electron chi connectivity index (χ2n) is 4.15. The zero-order chi connectivity index (χ0) is 9.64. The highest BCUT2D eigenvalue weighted by Gasteiger charge is 2.56. The van der Waals surface area contributed by atoms with Crippen LogP contribution in [-0.2, 0) is 4.79 Å². The highest BCUT2D eigenvalue weighted by molar-refractivity contribution is 5.70. The third-order valence-electron chi connectivity index (χ3n) is 3.44. The zero-order valence-corrected chi connectivity index (χ0v) is 7.17. The molecule has 1 N–H and O–H groups in total. The van der Waals surface area contributed by atoms with Gasteiger partial charge in [0, 0.05) is 11.8 Å². The van der Waals surface area contributed by atoms with Gasteiger partial charge in [0.25, 0.3) is 5.92 Å². The lowest BCUT2D eigenvalue weighted by atomic mass is 9.78. The van der Waals surface area contributed by atoms with E-state index >= 15 is 0 Å². The molecule has 0 heterocycles. The minimum Gasteiger partial charge on any atom is -0.481 e. The van der Waals surface area contributed by atoms with Gasteiger partial charge < -0.3 is 5.11 Å². The number of rotatable bonds is 1. The molecule has 0 amide bonds. The quantitative estimate of drug-likeness (QED) is 0.687. The van der Waals surface area contributed by atoms with E-state index in [0.29, 0.717) is 12.8 Å². The second-order valence-corrected chi connectivity index (χ2v) is 4.15. The first kappa shape index (κ1) is 8.91. The van der Waals surface area contributed by atoms with Gasteiger partial charge in [-0.3, -0.25) is 4.79 Å². The Labute approximate surface area is 74.9 Å². The first-order valence-corrected chi connectivity index (χ1v) is 4.62. The summed E-state index contributed by atoms with van der Waals surface area (Å²) >= 11 is 0. The fourth-order valence-corrected chi connectivity index (χ4v) is 2.66. The van der Waals surface area contributed by atoms with Gasteiger partial charge in [0.05, 0.1) is 5.92 Å². The van der Waals surface area contributed by atoms with Crippen molar-refractivity contribution in [2.75, 3.05) is 0 Å². The molecule has 1 unspecified atom stereocenters. The summed E-state index contributed by atoms with van der Waals surface area (Å²) in [5, 5.41) is 8.73. The molecule has 2 saturated carbocycles. The van der Waals surface area contributed by atoms with Crippen LogP contribution in [0.25, 0.3) is 0 Å². The van der Waals surface area contributed by atoms with Gasteiger partial charge in [-0.1, -0.05) is 0 Å². The molecule has 0 aromatic carbocycles. The molecule has 0 radical (unpaired) electrons. The highest BCUT2D eigenvalue weighted by Crippen LogP contribution is 2.54. The van der Waals surface area contributed by atoms with Crippen molar-refractivity contribution in [1.29, 1.82) is 0 Å². The van der Waals surface area contributed by atoms with Crippen LogP contribution in [0.1, 0.15) is 25.7 Å². The Bertz CT molecular complexity index is 224. The Kier molecular flexibility index (Phi) is 1.82. The van der Waals surface area contributed by atoms with Crippen molar-refractivity contribution in [3.63, 3.8) is 0 Å². The van der Waals surface area contributed by atoms with E-state index in [1.807, 2.05) is 0 Å². The van der Waals surface area contributed by atoms with Gasteiger partial charge in [-0.2, -0.15) is 0 Å². The average Bonchev–Trinajstić information content (AvgIpc) is 2.24. The number of hydrogen-bond acceptors (Lipinski definition) is 1. The van der Waals surface area contributed by atoms with Gasteiger partial charge in [0.2, 0.25) is 0 Å². The summed E-state index contributed by atoms with van der Waals surface area (Å²) in [6, 6.07) is 0. The monoisotopic (exact) mass is 190 g/mol. The van der Waals surface area contributed by atoms with Gasteiger partial charge in [-0.25, -0.2) is 8.78 Å². The van der Waals surface area contributed by atoms with Crippen molar-refractivity contribution in [2.24, 2.45) is 17.8 Å². The zero-order valence-electron chi connectivity index (χ0n) is 7.17. The van der Waals surface area contributed by atoms with Crippen LogP contribution in [0.4, 0.5) is 8.78 Å². The van der Waals surface area contributed by atoms with Crippen LogP contribution in [0.5, 0.6) is 0 Å². The number of fused-ring (bicyclic) bond motifs is 2. The fourth-order valence-electron chi connectivity index (χ4n) is 2.66. The Balaban J connectivity index is 2.15. The maximum Gasteiger partial charge on any atom is 0.306 e. The summed E-state index contributed by atoms with van der Waals surface area (Å²) in [5.74, 6) is -5.38. The molecule has 4 heteroatoms. The van der Waals surface area contributed by atoms with E-state index in [1.165, 1.54) is 0 Å². The minimum absolute atomic E-state index is 0.166. The van der Waals surface area contributed by atoms with Crippen LogP contribution >= 0.6 is 0 Å². The molecule has 0 spiro atoms. The van der Waals surface area contributed by atoms with Crippen LogP contribution in [0.15, 0.2) is 0 Å². The molecule has 0 aliphatic heterocycles. The highest BCUT2D eigenvalue weighted by atomic mass is 19.3. The maximum absolute atomic E-state index is 13.3. The van der Waals surface area contributed by atoms with E-state index in [0.717, 1.165) is 0 Å². The second kappa shape index (κ2) is 2.66. The molecule has 2 aliphatic carbocycles. The summed E-state index contributed by atoms with van der Waals surface area (Å²) < 4.78 is 26.6. The largest absolute Gasteiger partial charge is 0.481 e. The van der Waals surface area contributed by atoms with Gasteiger partial charge in [0.1, 0.15) is 0 Å². The summed E-state index contributed by atoms with van der Waals surface area (Å²) in [4.78, 5) is 10.6. The van der Waals surface area contributed by atoms with E-state index < -0.39 is 29.6 Å². The minimum atomic E-state index is -2.59. The molecule has 2 aliphatic rings. The molecule has 0 aromatic heterocycles. The summed E-state index contributed by atoms with van der Waals surface area (Å²) in [6.45, 7) is 0. The average molecular weight is 190 g/mol. The lowest BCUT2D eigenvalue weighted by molar-refractivity contribution is -0.153. The molecule has 3 atom stereocenters. The standard InChI is InChI=1S/C9H12F2O2/c10-9(11)6-1-2-7(9)4-5(3-6)8(12)13/h5-7H,1-4H2,(H,12,13)/t5?,6-,7+.